The molecule has 128 valence electrons. The van der Waals surface area contributed by atoms with Crippen LogP contribution in [0.25, 0.3) is 10.8 Å². The molecule has 2 aromatic carbocycles. The van der Waals surface area contributed by atoms with Crippen molar-refractivity contribution in [2.45, 2.75) is 6.04 Å². The van der Waals surface area contributed by atoms with Gasteiger partial charge in [-0.05, 0) is 29.1 Å². The molecule has 2 heterocycles. The van der Waals surface area contributed by atoms with Crippen LogP contribution in [0, 0.1) is 11.6 Å². The third-order valence-electron chi connectivity index (χ3n) is 4.75. The number of rotatable bonds is 3. The zero-order valence-corrected chi connectivity index (χ0v) is 13.8. The number of benzene rings is 2. The van der Waals surface area contributed by atoms with Crippen molar-refractivity contribution in [3.05, 3.63) is 77.6 Å². The summed E-state index contributed by atoms with van der Waals surface area (Å²) in [6.07, 6.45) is 3.57. The van der Waals surface area contributed by atoms with Crippen molar-refractivity contribution < 1.29 is 8.78 Å². The Labute approximate surface area is 145 Å². The second-order valence-electron chi connectivity index (χ2n) is 6.34. The minimum absolute atomic E-state index is 0.236. The first kappa shape index (κ1) is 16.1. The average molecular weight is 339 g/mol. The summed E-state index contributed by atoms with van der Waals surface area (Å²) in [5, 5.41) is 5.43. The number of fused-ring (bicyclic) bond motifs is 1. The Bertz CT molecular complexity index is 891. The Morgan fingerprint density at radius 2 is 1.80 bits per heavy atom. The van der Waals surface area contributed by atoms with Crippen molar-refractivity contribution >= 4 is 10.8 Å². The number of nitrogens with one attached hydrogen (secondary N) is 1. The number of pyridine rings is 1. The lowest BCUT2D eigenvalue weighted by Gasteiger charge is -2.35. The fraction of sp³-hybridized carbons (Fsp3) is 0.250. The summed E-state index contributed by atoms with van der Waals surface area (Å²) in [5.74, 6) is -1.05. The standard InChI is InChI=1S/C20H19F2N3/c21-17-3-4-18(19(22)12-17)20(25-9-7-23-8-10-25)15-1-2-16-13-24-6-5-14(16)11-15/h1-6,11-13,20,23H,7-10H2. The predicted molar refractivity (Wildman–Crippen MR) is 94.4 cm³/mol. The van der Waals surface area contributed by atoms with E-state index in [0.29, 0.717) is 5.56 Å². The van der Waals surface area contributed by atoms with Gasteiger partial charge in [0.05, 0.1) is 6.04 Å². The number of hydrogen-bond acceptors (Lipinski definition) is 3. The smallest absolute Gasteiger partial charge is 0.131 e. The second kappa shape index (κ2) is 6.86. The first-order chi connectivity index (χ1) is 12.2. The van der Waals surface area contributed by atoms with Crippen LogP contribution in [0.3, 0.4) is 0 Å². The Morgan fingerprint density at radius 3 is 2.60 bits per heavy atom. The van der Waals surface area contributed by atoms with Gasteiger partial charge >= 0.3 is 0 Å². The molecule has 0 aliphatic carbocycles. The summed E-state index contributed by atoms with van der Waals surface area (Å²) >= 11 is 0. The second-order valence-corrected chi connectivity index (χ2v) is 6.34. The van der Waals surface area contributed by atoms with Gasteiger partial charge in [-0.15, -0.1) is 0 Å². The fourth-order valence-electron chi connectivity index (χ4n) is 3.52. The number of aromatic nitrogens is 1. The van der Waals surface area contributed by atoms with E-state index in [0.717, 1.165) is 48.6 Å². The fourth-order valence-corrected chi connectivity index (χ4v) is 3.52. The Hall–Kier alpha value is -2.37. The van der Waals surface area contributed by atoms with Gasteiger partial charge in [-0.25, -0.2) is 8.78 Å². The topological polar surface area (TPSA) is 28.2 Å². The van der Waals surface area contributed by atoms with E-state index in [-0.39, 0.29) is 6.04 Å². The van der Waals surface area contributed by atoms with E-state index in [1.807, 2.05) is 24.4 Å². The molecule has 1 aliphatic heterocycles. The monoisotopic (exact) mass is 339 g/mol. The highest BCUT2D eigenvalue weighted by molar-refractivity contribution is 5.82. The molecule has 1 unspecified atom stereocenters. The molecule has 0 saturated carbocycles. The van der Waals surface area contributed by atoms with Gasteiger partial charge in [-0.1, -0.05) is 18.2 Å². The maximum absolute atomic E-state index is 14.6. The average Bonchev–Trinajstić information content (AvgIpc) is 2.64. The summed E-state index contributed by atoms with van der Waals surface area (Å²) in [6.45, 7) is 3.35. The molecule has 25 heavy (non-hydrogen) atoms. The zero-order chi connectivity index (χ0) is 17.2. The molecule has 0 amide bonds. The van der Waals surface area contributed by atoms with E-state index in [4.69, 9.17) is 0 Å². The summed E-state index contributed by atoms with van der Waals surface area (Å²) in [4.78, 5) is 6.38. The quantitative estimate of drug-likeness (QED) is 0.791. The largest absolute Gasteiger partial charge is 0.314 e. The number of nitrogens with zero attached hydrogens (tertiary/aromatic N) is 2. The van der Waals surface area contributed by atoms with Gasteiger partial charge in [0, 0.05) is 55.6 Å². The lowest BCUT2D eigenvalue weighted by atomic mass is 9.94. The summed E-state index contributed by atoms with van der Waals surface area (Å²) < 4.78 is 28.0. The molecule has 4 rings (SSSR count). The van der Waals surface area contributed by atoms with E-state index >= 15 is 0 Å². The van der Waals surface area contributed by atoms with Crippen LogP contribution in [0.15, 0.2) is 54.9 Å². The van der Waals surface area contributed by atoms with Crippen LogP contribution in [0.4, 0.5) is 8.78 Å². The molecule has 1 saturated heterocycles. The predicted octanol–water partition coefficient (Wildman–Crippen LogP) is 3.51. The highest BCUT2D eigenvalue weighted by Crippen LogP contribution is 2.32. The van der Waals surface area contributed by atoms with Crippen molar-refractivity contribution in [1.82, 2.24) is 15.2 Å². The Balaban J connectivity index is 1.83. The van der Waals surface area contributed by atoms with Crippen LogP contribution in [0.2, 0.25) is 0 Å². The van der Waals surface area contributed by atoms with Crippen molar-refractivity contribution in [3.63, 3.8) is 0 Å². The van der Waals surface area contributed by atoms with Gasteiger partial charge in [-0.2, -0.15) is 0 Å². The Kier molecular flexibility index (Phi) is 4.42. The first-order valence-electron chi connectivity index (χ1n) is 8.46. The maximum atomic E-state index is 14.6. The van der Waals surface area contributed by atoms with E-state index in [1.54, 1.807) is 12.3 Å². The van der Waals surface area contributed by atoms with Crippen LogP contribution in [0.1, 0.15) is 17.2 Å². The van der Waals surface area contributed by atoms with Gasteiger partial charge in [0.1, 0.15) is 11.6 Å². The SMILES string of the molecule is Fc1ccc(C(c2ccc3cnccc3c2)N2CCNCC2)c(F)c1. The molecule has 1 N–H and O–H groups in total. The minimum atomic E-state index is -0.551. The van der Waals surface area contributed by atoms with Gasteiger partial charge in [-0.3, -0.25) is 9.88 Å². The lowest BCUT2D eigenvalue weighted by Crippen LogP contribution is -2.45. The van der Waals surface area contributed by atoms with Crippen molar-refractivity contribution in [2.75, 3.05) is 26.2 Å². The highest BCUT2D eigenvalue weighted by Gasteiger charge is 2.26. The molecule has 1 aliphatic rings. The third-order valence-corrected chi connectivity index (χ3v) is 4.75. The lowest BCUT2D eigenvalue weighted by molar-refractivity contribution is 0.195. The normalized spacial score (nSPS) is 16.9. The minimum Gasteiger partial charge on any atom is -0.314 e. The van der Waals surface area contributed by atoms with Crippen molar-refractivity contribution in [3.8, 4) is 0 Å². The van der Waals surface area contributed by atoms with Crippen LogP contribution < -0.4 is 5.32 Å². The van der Waals surface area contributed by atoms with Gasteiger partial charge in [0.2, 0.25) is 0 Å². The molecular formula is C20H19F2N3. The highest BCUT2D eigenvalue weighted by atomic mass is 19.1. The van der Waals surface area contributed by atoms with Gasteiger partial charge in [0.25, 0.3) is 0 Å². The molecule has 0 radical (unpaired) electrons. The van der Waals surface area contributed by atoms with Crippen LogP contribution in [0.5, 0.6) is 0 Å². The van der Waals surface area contributed by atoms with E-state index in [9.17, 15) is 8.78 Å². The number of halogens is 2. The zero-order valence-electron chi connectivity index (χ0n) is 13.8. The van der Waals surface area contributed by atoms with Gasteiger partial charge < -0.3 is 5.32 Å². The van der Waals surface area contributed by atoms with E-state index < -0.39 is 11.6 Å². The molecule has 3 aromatic rings. The van der Waals surface area contributed by atoms with E-state index in [2.05, 4.69) is 21.3 Å². The molecule has 0 spiro atoms. The molecule has 5 heteroatoms. The van der Waals surface area contributed by atoms with Crippen molar-refractivity contribution in [2.24, 2.45) is 0 Å². The third kappa shape index (κ3) is 3.25. The molecular weight excluding hydrogens is 320 g/mol. The molecule has 1 aromatic heterocycles. The van der Waals surface area contributed by atoms with Crippen molar-refractivity contribution in [1.29, 1.82) is 0 Å². The number of piperazine rings is 1. The van der Waals surface area contributed by atoms with Crippen LogP contribution >= 0.6 is 0 Å². The summed E-state index contributed by atoms with van der Waals surface area (Å²) in [5.41, 5.74) is 1.52. The summed E-state index contributed by atoms with van der Waals surface area (Å²) in [7, 11) is 0. The first-order valence-corrected chi connectivity index (χ1v) is 8.46. The van der Waals surface area contributed by atoms with Crippen LogP contribution in [-0.2, 0) is 0 Å². The molecule has 1 fully saturated rings. The molecule has 1 atom stereocenters. The molecule has 0 bridgehead atoms. The summed E-state index contributed by atoms with van der Waals surface area (Å²) in [6, 6.07) is 11.7. The maximum Gasteiger partial charge on any atom is 0.131 e. The van der Waals surface area contributed by atoms with Gasteiger partial charge in [0.15, 0.2) is 0 Å². The molecule has 3 nitrogen and oxygen atoms in total. The number of hydrogen-bond donors (Lipinski definition) is 1. The van der Waals surface area contributed by atoms with E-state index in [1.165, 1.54) is 6.07 Å². The Morgan fingerprint density at radius 1 is 0.960 bits per heavy atom. The van der Waals surface area contributed by atoms with Crippen LogP contribution in [-0.4, -0.2) is 36.1 Å².